The van der Waals surface area contributed by atoms with E-state index in [-0.39, 0.29) is 0 Å². The molecule has 0 spiro atoms. The SMILES string of the molecule is N#CCCNCc1ccc(-c2nc3ccccc3s2)o1. The molecule has 2 aromatic heterocycles. The van der Waals surface area contributed by atoms with Crippen LogP contribution in [-0.4, -0.2) is 11.5 Å². The van der Waals surface area contributed by atoms with E-state index in [4.69, 9.17) is 9.68 Å². The van der Waals surface area contributed by atoms with E-state index in [1.165, 1.54) is 0 Å². The van der Waals surface area contributed by atoms with Crippen LogP contribution in [0.1, 0.15) is 12.2 Å². The zero-order valence-electron chi connectivity index (χ0n) is 10.8. The molecular weight excluding hydrogens is 270 g/mol. The van der Waals surface area contributed by atoms with E-state index in [1.807, 2.05) is 30.3 Å². The molecule has 100 valence electrons. The Labute approximate surface area is 120 Å². The Balaban J connectivity index is 1.74. The maximum absolute atomic E-state index is 8.47. The van der Waals surface area contributed by atoms with Gasteiger partial charge in [-0.05, 0) is 24.3 Å². The summed E-state index contributed by atoms with van der Waals surface area (Å²) in [6.07, 6.45) is 0.505. The second kappa shape index (κ2) is 5.87. The van der Waals surface area contributed by atoms with E-state index in [1.54, 1.807) is 11.3 Å². The fourth-order valence-electron chi connectivity index (χ4n) is 1.92. The highest BCUT2D eigenvalue weighted by molar-refractivity contribution is 7.21. The summed E-state index contributed by atoms with van der Waals surface area (Å²) in [5.74, 6) is 1.65. The monoisotopic (exact) mass is 283 g/mol. The van der Waals surface area contributed by atoms with Gasteiger partial charge in [0.2, 0.25) is 0 Å². The van der Waals surface area contributed by atoms with E-state index in [0.29, 0.717) is 19.5 Å². The van der Waals surface area contributed by atoms with Gasteiger partial charge in [0.25, 0.3) is 0 Å². The fourth-order valence-corrected chi connectivity index (χ4v) is 2.85. The molecule has 0 fully saturated rings. The summed E-state index contributed by atoms with van der Waals surface area (Å²) in [6, 6.07) is 14.0. The van der Waals surface area contributed by atoms with Crippen molar-refractivity contribution in [3.63, 3.8) is 0 Å². The van der Waals surface area contributed by atoms with Crippen molar-refractivity contribution in [3.05, 3.63) is 42.2 Å². The summed E-state index contributed by atoms with van der Waals surface area (Å²) in [5, 5.41) is 12.5. The van der Waals surface area contributed by atoms with Crippen LogP contribution in [0.4, 0.5) is 0 Å². The summed E-state index contributed by atoms with van der Waals surface area (Å²) in [7, 11) is 0. The van der Waals surface area contributed by atoms with Gasteiger partial charge < -0.3 is 9.73 Å². The first kappa shape index (κ1) is 12.9. The molecule has 1 aromatic carbocycles. The average Bonchev–Trinajstić information content (AvgIpc) is 3.09. The van der Waals surface area contributed by atoms with Crippen LogP contribution in [-0.2, 0) is 6.54 Å². The number of thiazole rings is 1. The highest BCUT2D eigenvalue weighted by atomic mass is 32.1. The number of para-hydroxylation sites is 1. The number of nitrogens with zero attached hydrogens (tertiary/aromatic N) is 2. The van der Waals surface area contributed by atoms with Gasteiger partial charge in [0.05, 0.1) is 22.8 Å². The maximum atomic E-state index is 8.47. The standard InChI is InChI=1S/C15H13N3OS/c16-8-3-9-17-10-11-6-7-13(19-11)15-18-12-4-1-2-5-14(12)20-15/h1-2,4-7,17H,3,9-10H2. The normalized spacial score (nSPS) is 10.8. The van der Waals surface area contributed by atoms with Gasteiger partial charge in [-0.15, -0.1) is 11.3 Å². The number of nitriles is 1. The molecule has 0 aliphatic carbocycles. The number of hydrogen-bond acceptors (Lipinski definition) is 5. The van der Waals surface area contributed by atoms with Crippen LogP contribution in [0.5, 0.6) is 0 Å². The van der Waals surface area contributed by atoms with Gasteiger partial charge in [-0.2, -0.15) is 5.26 Å². The molecule has 0 saturated heterocycles. The van der Waals surface area contributed by atoms with Crippen LogP contribution in [0, 0.1) is 11.3 Å². The molecule has 3 rings (SSSR count). The van der Waals surface area contributed by atoms with Gasteiger partial charge in [0.15, 0.2) is 10.8 Å². The van der Waals surface area contributed by atoms with Crippen molar-refractivity contribution >= 4 is 21.6 Å². The van der Waals surface area contributed by atoms with Crippen molar-refractivity contribution in [2.45, 2.75) is 13.0 Å². The van der Waals surface area contributed by atoms with Crippen molar-refractivity contribution in [3.8, 4) is 16.8 Å². The van der Waals surface area contributed by atoms with Gasteiger partial charge in [-0.25, -0.2) is 4.98 Å². The van der Waals surface area contributed by atoms with Gasteiger partial charge in [-0.1, -0.05) is 12.1 Å². The van der Waals surface area contributed by atoms with E-state index < -0.39 is 0 Å². The number of furan rings is 1. The van der Waals surface area contributed by atoms with Crippen LogP contribution in [0.2, 0.25) is 0 Å². The number of benzene rings is 1. The number of fused-ring (bicyclic) bond motifs is 1. The third kappa shape index (κ3) is 2.72. The first-order valence-electron chi connectivity index (χ1n) is 6.39. The molecule has 2 heterocycles. The zero-order valence-corrected chi connectivity index (χ0v) is 11.6. The van der Waals surface area contributed by atoms with E-state index >= 15 is 0 Å². The second-order valence-electron chi connectivity index (χ2n) is 4.34. The molecule has 5 heteroatoms. The van der Waals surface area contributed by atoms with Gasteiger partial charge in [0.1, 0.15) is 5.76 Å². The number of hydrogen-bond donors (Lipinski definition) is 1. The Morgan fingerprint density at radius 2 is 2.15 bits per heavy atom. The molecule has 0 unspecified atom stereocenters. The maximum Gasteiger partial charge on any atom is 0.163 e. The molecule has 20 heavy (non-hydrogen) atoms. The zero-order chi connectivity index (χ0) is 13.8. The Bertz CT molecular complexity index is 721. The lowest BCUT2D eigenvalue weighted by Crippen LogP contribution is -2.13. The molecule has 0 aliphatic rings. The third-order valence-electron chi connectivity index (χ3n) is 2.88. The van der Waals surface area contributed by atoms with Gasteiger partial charge in [0, 0.05) is 13.0 Å². The average molecular weight is 283 g/mol. The molecule has 0 amide bonds. The smallest absolute Gasteiger partial charge is 0.163 e. The van der Waals surface area contributed by atoms with Crippen LogP contribution in [0.25, 0.3) is 21.0 Å². The van der Waals surface area contributed by atoms with Crippen molar-refractivity contribution in [2.24, 2.45) is 0 Å². The summed E-state index contributed by atoms with van der Waals surface area (Å²) in [4.78, 5) is 4.57. The largest absolute Gasteiger partial charge is 0.457 e. The topological polar surface area (TPSA) is 61.9 Å². The third-order valence-corrected chi connectivity index (χ3v) is 3.93. The molecule has 3 aromatic rings. The Kier molecular flexibility index (Phi) is 3.77. The van der Waals surface area contributed by atoms with Gasteiger partial charge in [-0.3, -0.25) is 0 Å². The first-order chi connectivity index (χ1) is 9.86. The molecule has 4 nitrogen and oxygen atoms in total. The number of rotatable bonds is 5. The quantitative estimate of drug-likeness (QED) is 0.727. The molecule has 0 aliphatic heterocycles. The summed E-state index contributed by atoms with van der Waals surface area (Å²) >= 11 is 1.63. The number of aromatic nitrogens is 1. The summed E-state index contributed by atoms with van der Waals surface area (Å²) in [5.41, 5.74) is 0.998. The summed E-state index contributed by atoms with van der Waals surface area (Å²) in [6.45, 7) is 1.31. The lowest BCUT2D eigenvalue weighted by molar-refractivity contribution is 0.495. The van der Waals surface area contributed by atoms with Crippen molar-refractivity contribution in [1.82, 2.24) is 10.3 Å². The van der Waals surface area contributed by atoms with E-state index in [9.17, 15) is 0 Å². The van der Waals surface area contributed by atoms with Gasteiger partial charge >= 0.3 is 0 Å². The lowest BCUT2D eigenvalue weighted by atomic mass is 10.3. The van der Waals surface area contributed by atoms with Crippen molar-refractivity contribution < 1.29 is 4.42 Å². The van der Waals surface area contributed by atoms with Crippen molar-refractivity contribution in [1.29, 1.82) is 5.26 Å². The molecule has 0 atom stereocenters. The highest BCUT2D eigenvalue weighted by Crippen LogP contribution is 2.30. The Morgan fingerprint density at radius 1 is 1.25 bits per heavy atom. The van der Waals surface area contributed by atoms with Crippen LogP contribution < -0.4 is 5.32 Å². The minimum absolute atomic E-state index is 0.505. The molecular formula is C15H13N3OS. The molecule has 0 saturated carbocycles. The fraction of sp³-hybridized carbons (Fsp3) is 0.200. The predicted octanol–water partition coefficient (Wildman–Crippen LogP) is 3.56. The minimum atomic E-state index is 0.505. The first-order valence-corrected chi connectivity index (χ1v) is 7.21. The van der Waals surface area contributed by atoms with E-state index in [2.05, 4.69) is 22.4 Å². The van der Waals surface area contributed by atoms with Crippen LogP contribution in [0.3, 0.4) is 0 Å². The lowest BCUT2D eigenvalue weighted by Gasteiger charge is -1.97. The Hall–Kier alpha value is -2.16. The van der Waals surface area contributed by atoms with Crippen molar-refractivity contribution in [2.75, 3.05) is 6.54 Å². The highest BCUT2D eigenvalue weighted by Gasteiger charge is 2.10. The minimum Gasteiger partial charge on any atom is -0.457 e. The molecule has 1 N–H and O–H groups in total. The predicted molar refractivity (Wildman–Crippen MR) is 79.3 cm³/mol. The summed E-state index contributed by atoms with van der Waals surface area (Å²) < 4.78 is 6.94. The molecule has 0 radical (unpaired) electrons. The molecule has 0 bridgehead atoms. The van der Waals surface area contributed by atoms with E-state index in [0.717, 1.165) is 26.7 Å². The Morgan fingerprint density at radius 3 is 3.00 bits per heavy atom. The number of nitrogens with one attached hydrogen (secondary N) is 1. The van der Waals surface area contributed by atoms with Crippen LogP contribution >= 0.6 is 11.3 Å². The second-order valence-corrected chi connectivity index (χ2v) is 5.37. The van der Waals surface area contributed by atoms with Crippen LogP contribution in [0.15, 0.2) is 40.8 Å².